The Balaban J connectivity index is 1.78. The van der Waals surface area contributed by atoms with Gasteiger partial charge in [0.15, 0.2) is 0 Å². The molecular formula is C16H20N4O4. The van der Waals surface area contributed by atoms with Gasteiger partial charge in [-0.05, 0) is 25.1 Å². The molecule has 1 fully saturated rings. The number of aryl methyl sites for hydroxylation is 1. The standard InChI is InChI=1S/C16H20N4O4/c1-12-4-5-15(24-12)14(19-7-9-23-10-8-19)11-18-16-13(20(21)22)3-2-6-17-16/h2-6,14H,7-11H2,1H3,(H,17,18)/t14-/m0/s1. The highest BCUT2D eigenvalue weighted by Gasteiger charge is 2.26. The van der Waals surface area contributed by atoms with Crippen LogP contribution in [0.25, 0.3) is 0 Å². The Hall–Kier alpha value is -2.45. The van der Waals surface area contributed by atoms with Crippen LogP contribution in [-0.4, -0.2) is 47.7 Å². The number of nitrogens with one attached hydrogen (secondary N) is 1. The maximum Gasteiger partial charge on any atom is 0.311 e. The zero-order chi connectivity index (χ0) is 16.9. The lowest BCUT2D eigenvalue weighted by atomic mass is 10.1. The van der Waals surface area contributed by atoms with E-state index in [1.165, 1.54) is 12.3 Å². The Morgan fingerprint density at radius 3 is 2.83 bits per heavy atom. The normalized spacial score (nSPS) is 16.7. The summed E-state index contributed by atoms with van der Waals surface area (Å²) in [5, 5.41) is 14.2. The highest BCUT2D eigenvalue weighted by Crippen LogP contribution is 2.26. The number of nitro groups is 1. The van der Waals surface area contributed by atoms with Crippen molar-refractivity contribution in [2.45, 2.75) is 13.0 Å². The summed E-state index contributed by atoms with van der Waals surface area (Å²) in [5.41, 5.74) is -0.0335. The van der Waals surface area contributed by atoms with Gasteiger partial charge in [0.25, 0.3) is 0 Å². The Morgan fingerprint density at radius 1 is 1.38 bits per heavy atom. The van der Waals surface area contributed by atoms with Crippen molar-refractivity contribution in [1.29, 1.82) is 0 Å². The molecule has 128 valence electrons. The van der Waals surface area contributed by atoms with E-state index in [0.717, 1.165) is 24.6 Å². The lowest BCUT2D eigenvalue weighted by Gasteiger charge is -2.33. The predicted molar refractivity (Wildman–Crippen MR) is 88.0 cm³/mol. The van der Waals surface area contributed by atoms with E-state index in [4.69, 9.17) is 9.15 Å². The molecule has 0 unspecified atom stereocenters. The molecule has 1 aliphatic rings. The number of hydrogen-bond donors (Lipinski definition) is 1. The molecule has 0 aromatic carbocycles. The van der Waals surface area contributed by atoms with Crippen molar-refractivity contribution >= 4 is 11.5 Å². The zero-order valence-electron chi connectivity index (χ0n) is 13.5. The number of rotatable bonds is 6. The fourth-order valence-electron chi connectivity index (χ4n) is 2.80. The van der Waals surface area contributed by atoms with Crippen molar-refractivity contribution in [3.05, 3.63) is 52.1 Å². The third kappa shape index (κ3) is 3.72. The number of ether oxygens (including phenoxy) is 1. The fourth-order valence-corrected chi connectivity index (χ4v) is 2.80. The van der Waals surface area contributed by atoms with E-state index in [2.05, 4.69) is 15.2 Å². The van der Waals surface area contributed by atoms with Gasteiger partial charge in [-0.25, -0.2) is 4.98 Å². The van der Waals surface area contributed by atoms with Crippen molar-refractivity contribution in [3.63, 3.8) is 0 Å². The van der Waals surface area contributed by atoms with Crippen LogP contribution in [0.5, 0.6) is 0 Å². The fraction of sp³-hybridized carbons (Fsp3) is 0.438. The van der Waals surface area contributed by atoms with Crippen LogP contribution in [0.1, 0.15) is 17.6 Å². The molecule has 2 aromatic rings. The van der Waals surface area contributed by atoms with Gasteiger partial charge in [0.2, 0.25) is 5.82 Å². The summed E-state index contributed by atoms with van der Waals surface area (Å²) in [4.78, 5) is 17.0. The van der Waals surface area contributed by atoms with Crippen molar-refractivity contribution < 1.29 is 14.1 Å². The van der Waals surface area contributed by atoms with E-state index in [9.17, 15) is 10.1 Å². The number of anilines is 1. The lowest BCUT2D eigenvalue weighted by molar-refractivity contribution is -0.384. The van der Waals surface area contributed by atoms with Gasteiger partial charge in [-0.2, -0.15) is 0 Å². The summed E-state index contributed by atoms with van der Waals surface area (Å²) in [7, 11) is 0. The molecule has 1 saturated heterocycles. The molecule has 0 bridgehead atoms. The van der Waals surface area contributed by atoms with Crippen LogP contribution in [0.4, 0.5) is 11.5 Å². The van der Waals surface area contributed by atoms with Crippen LogP contribution in [-0.2, 0) is 4.74 Å². The third-order valence-corrected chi connectivity index (χ3v) is 4.02. The first-order valence-electron chi connectivity index (χ1n) is 7.86. The molecule has 1 N–H and O–H groups in total. The molecule has 8 nitrogen and oxygen atoms in total. The molecule has 8 heteroatoms. The average molecular weight is 332 g/mol. The van der Waals surface area contributed by atoms with Gasteiger partial charge in [0, 0.05) is 31.9 Å². The number of furan rings is 1. The number of pyridine rings is 1. The summed E-state index contributed by atoms with van der Waals surface area (Å²) >= 11 is 0. The average Bonchev–Trinajstić information content (AvgIpc) is 3.02. The zero-order valence-corrected chi connectivity index (χ0v) is 13.5. The maximum atomic E-state index is 11.1. The largest absolute Gasteiger partial charge is 0.465 e. The highest BCUT2D eigenvalue weighted by atomic mass is 16.6. The van der Waals surface area contributed by atoms with Crippen molar-refractivity contribution in [2.75, 3.05) is 38.2 Å². The van der Waals surface area contributed by atoms with Gasteiger partial charge in [-0.1, -0.05) is 0 Å². The minimum atomic E-state index is -0.434. The van der Waals surface area contributed by atoms with Gasteiger partial charge in [-0.3, -0.25) is 15.0 Å². The van der Waals surface area contributed by atoms with Gasteiger partial charge in [0.1, 0.15) is 11.5 Å². The van der Waals surface area contributed by atoms with Crippen LogP contribution < -0.4 is 5.32 Å². The monoisotopic (exact) mass is 332 g/mol. The van der Waals surface area contributed by atoms with E-state index in [-0.39, 0.29) is 17.5 Å². The van der Waals surface area contributed by atoms with Crippen LogP contribution in [0.15, 0.2) is 34.9 Å². The molecule has 1 aliphatic heterocycles. The number of hydrogen-bond acceptors (Lipinski definition) is 7. The van der Waals surface area contributed by atoms with Crippen molar-refractivity contribution in [2.24, 2.45) is 0 Å². The molecule has 3 heterocycles. The van der Waals surface area contributed by atoms with E-state index in [1.54, 1.807) is 6.07 Å². The van der Waals surface area contributed by atoms with Gasteiger partial charge in [0.05, 0.1) is 24.2 Å². The summed E-state index contributed by atoms with van der Waals surface area (Å²) in [6.45, 7) is 5.27. The SMILES string of the molecule is Cc1ccc([C@H](CNc2ncccc2[N+](=O)[O-])N2CCOCC2)o1. The Morgan fingerprint density at radius 2 is 2.17 bits per heavy atom. The smallest absolute Gasteiger partial charge is 0.311 e. The Labute approximate surface area is 139 Å². The molecular weight excluding hydrogens is 312 g/mol. The first-order valence-corrected chi connectivity index (χ1v) is 7.86. The van der Waals surface area contributed by atoms with Crippen molar-refractivity contribution in [3.8, 4) is 0 Å². The molecule has 0 radical (unpaired) electrons. The summed E-state index contributed by atoms with van der Waals surface area (Å²) in [5.74, 6) is 1.94. The maximum absolute atomic E-state index is 11.1. The van der Waals surface area contributed by atoms with Gasteiger partial charge >= 0.3 is 5.69 Å². The summed E-state index contributed by atoms with van der Waals surface area (Å²) in [6, 6.07) is 6.83. The van der Waals surface area contributed by atoms with E-state index < -0.39 is 4.92 Å². The van der Waals surface area contributed by atoms with E-state index >= 15 is 0 Å². The van der Waals surface area contributed by atoms with Crippen LogP contribution in [0.2, 0.25) is 0 Å². The Bertz CT molecular complexity index is 697. The third-order valence-electron chi connectivity index (χ3n) is 4.02. The number of aromatic nitrogens is 1. The minimum Gasteiger partial charge on any atom is -0.465 e. The van der Waals surface area contributed by atoms with E-state index in [1.807, 2.05) is 19.1 Å². The molecule has 0 amide bonds. The lowest BCUT2D eigenvalue weighted by Crippen LogP contribution is -2.41. The van der Waals surface area contributed by atoms with E-state index in [0.29, 0.717) is 19.8 Å². The molecule has 3 rings (SSSR count). The number of morpholine rings is 1. The van der Waals surface area contributed by atoms with Crippen LogP contribution >= 0.6 is 0 Å². The van der Waals surface area contributed by atoms with Crippen molar-refractivity contribution in [1.82, 2.24) is 9.88 Å². The molecule has 1 atom stereocenters. The molecule has 0 saturated carbocycles. The quantitative estimate of drug-likeness (QED) is 0.641. The first-order chi connectivity index (χ1) is 11.6. The topological polar surface area (TPSA) is 93.7 Å². The second-order valence-electron chi connectivity index (χ2n) is 5.62. The molecule has 0 aliphatic carbocycles. The highest BCUT2D eigenvalue weighted by molar-refractivity contribution is 5.55. The minimum absolute atomic E-state index is 0.0335. The summed E-state index contributed by atoms with van der Waals surface area (Å²) < 4.78 is 11.2. The molecule has 0 spiro atoms. The van der Waals surface area contributed by atoms with Crippen LogP contribution in [0.3, 0.4) is 0 Å². The van der Waals surface area contributed by atoms with Crippen LogP contribution in [0, 0.1) is 17.0 Å². The number of nitrogens with zero attached hydrogens (tertiary/aromatic N) is 3. The summed E-state index contributed by atoms with van der Waals surface area (Å²) in [6.07, 6.45) is 1.54. The molecule has 2 aromatic heterocycles. The van der Waals surface area contributed by atoms with Gasteiger partial charge in [-0.15, -0.1) is 0 Å². The van der Waals surface area contributed by atoms with Gasteiger partial charge < -0.3 is 14.5 Å². The Kier molecular flexibility index (Phi) is 5.07. The second kappa shape index (κ2) is 7.41. The predicted octanol–water partition coefficient (Wildman–Crippen LogP) is 2.38. The first kappa shape index (κ1) is 16.4. The molecule has 24 heavy (non-hydrogen) atoms. The second-order valence-corrected chi connectivity index (χ2v) is 5.62.